The molecule has 3 aromatic rings. The molecule has 1 aliphatic heterocycles. The SMILES string of the molecule is COc1cccc(C2CC(=O)C3=C(C2)Nc2ccccc2NC3c2ccc(OC(C)C)cc2)c1. The van der Waals surface area contributed by atoms with Crippen LogP contribution in [0.4, 0.5) is 11.4 Å². The van der Waals surface area contributed by atoms with E-state index in [-0.39, 0.29) is 23.8 Å². The van der Waals surface area contributed by atoms with Crippen molar-refractivity contribution in [2.45, 2.75) is 44.8 Å². The van der Waals surface area contributed by atoms with Crippen molar-refractivity contribution in [3.05, 3.63) is 95.2 Å². The van der Waals surface area contributed by atoms with E-state index in [0.717, 1.165) is 51.7 Å². The lowest BCUT2D eigenvalue weighted by Crippen LogP contribution is -2.26. The largest absolute Gasteiger partial charge is 0.497 e. The van der Waals surface area contributed by atoms with E-state index in [0.29, 0.717) is 6.42 Å². The molecule has 0 saturated carbocycles. The first-order chi connectivity index (χ1) is 16.5. The summed E-state index contributed by atoms with van der Waals surface area (Å²) in [6, 6.07) is 24.0. The Morgan fingerprint density at radius 3 is 2.35 bits per heavy atom. The monoisotopic (exact) mass is 454 g/mol. The first-order valence-electron chi connectivity index (χ1n) is 11.8. The average Bonchev–Trinajstić information content (AvgIpc) is 3.01. The van der Waals surface area contributed by atoms with Gasteiger partial charge in [0.15, 0.2) is 5.78 Å². The third-order valence-corrected chi connectivity index (χ3v) is 6.46. The third-order valence-electron chi connectivity index (χ3n) is 6.46. The lowest BCUT2D eigenvalue weighted by molar-refractivity contribution is -0.116. The summed E-state index contributed by atoms with van der Waals surface area (Å²) in [5.74, 6) is 1.90. The Hall–Kier alpha value is -3.73. The summed E-state index contributed by atoms with van der Waals surface area (Å²) in [5, 5.41) is 7.23. The van der Waals surface area contributed by atoms with Crippen molar-refractivity contribution < 1.29 is 14.3 Å². The fraction of sp³-hybridized carbons (Fsp3) is 0.276. The molecule has 2 unspecified atom stereocenters. The topological polar surface area (TPSA) is 59.6 Å². The molecule has 5 nitrogen and oxygen atoms in total. The van der Waals surface area contributed by atoms with E-state index in [2.05, 4.69) is 34.9 Å². The molecule has 1 aliphatic carbocycles. The summed E-state index contributed by atoms with van der Waals surface area (Å²) < 4.78 is 11.2. The van der Waals surface area contributed by atoms with Gasteiger partial charge in [0.25, 0.3) is 0 Å². The number of carbonyl (C=O) groups excluding carboxylic acids is 1. The lowest BCUT2D eigenvalue weighted by Gasteiger charge is -2.30. The molecule has 0 bridgehead atoms. The zero-order chi connectivity index (χ0) is 23.7. The van der Waals surface area contributed by atoms with Crippen LogP contribution in [0.1, 0.15) is 49.8 Å². The summed E-state index contributed by atoms with van der Waals surface area (Å²) in [5.41, 5.74) is 5.92. The highest BCUT2D eigenvalue weighted by Crippen LogP contribution is 2.44. The second-order valence-electron chi connectivity index (χ2n) is 9.18. The highest BCUT2D eigenvalue weighted by atomic mass is 16.5. The van der Waals surface area contributed by atoms with Crippen molar-refractivity contribution in [1.82, 2.24) is 0 Å². The van der Waals surface area contributed by atoms with Gasteiger partial charge in [-0.2, -0.15) is 0 Å². The minimum atomic E-state index is -0.238. The number of ketones is 1. The number of benzene rings is 3. The predicted molar refractivity (Wildman–Crippen MR) is 136 cm³/mol. The first-order valence-corrected chi connectivity index (χ1v) is 11.8. The van der Waals surface area contributed by atoms with Crippen LogP contribution >= 0.6 is 0 Å². The van der Waals surface area contributed by atoms with Gasteiger partial charge in [-0.05, 0) is 73.7 Å². The van der Waals surface area contributed by atoms with Gasteiger partial charge in [-0.25, -0.2) is 0 Å². The number of methoxy groups -OCH3 is 1. The Bertz CT molecular complexity index is 1230. The summed E-state index contributed by atoms with van der Waals surface area (Å²) >= 11 is 0. The van der Waals surface area contributed by atoms with Crippen LogP contribution in [0.3, 0.4) is 0 Å². The van der Waals surface area contributed by atoms with E-state index in [4.69, 9.17) is 9.47 Å². The Morgan fingerprint density at radius 2 is 1.62 bits per heavy atom. The standard InChI is InChI=1S/C29H30N2O3/c1-18(2)34-22-13-11-19(12-14-22)29-28-26(30-24-9-4-5-10-25(24)31-29)16-21(17-27(28)32)20-7-6-8-23(15-20)33-3/h4-15,18,21,29-31H,16-17H2,1-3H3. The second-order valence-corrected chi connectivity index (χ2v) is 9.18. The number of nitrogens with one attached hydrogen (secondary N) is 2. The molecule has 2 atom stereocenters. The van der Waals surface area contributed by atoms with Crippen LogP contribution in [0, 0.1) is 0 Å². The number of ether oxygens (including phenoxy) is 2. The van der Waals surface area contributed by atoms with Gasteiger partial charge in [-0.15, -0.1) is 0 Å². The minimum absolute atomic E-state index is 0.0987. The summed E-state index contributed by atoms with van der Waals surface area (Å²) in [6.45, 7) is 4.03. The maximum Gasteiger partial charge on any atom is 0.163 e. The van der Waals surface area contributed by atoms with Gasteiger partial charge in [0.1, 0.15) is 11.5 Å². The Labute approximate surface area is 200 Å². The number of anilines is 2. The van der Waals surface area contributed by atoms with Gasteiger partial charge in [-0.1, -0.05) is 36.4 Å². The van der Waals surface area contributed by atoms with E-state index in [9.17, 15) is 4.79 Å². The van der Waals surface area contributed by atoms with Gasteiger partial charge < -0.3 is 20.1 Å². The summed E-state index contributed by atoms with van der Waals surface area (Å²) in [6.07, 6.45) is 1.34. The van der Waals surface area contributed by atoms with Gasteiger partial charge in [0.2, 0.25) is 0 Å². The molecule has 5 heteroatoms. The van der Waals surface area contributed by atoms with Crippen molar-refractivity contribution in [2.24, 2.45) is 0 Å². The first kappa shape index (κ1) is 22.1. The van der Waals surface area contributed by atoms with Crippen LogP contribution < -0.4 is 20.1 Å². The van der Waals surface area contributed by atoms with Crippen LogP contribution in [0.15, 0.2) is 84.1 Å². The van der Waals surface area contributed by atoms with Crippen molar-refractivity contribution in [2.75, 3.05) is 17.7 Å². The van der Waals surface area contributed by atoms with E-state index in [1.807, 2.05) is 62.4 Å². The van der Waals surface area contributed by atoms with Crippen molar-refractivity contribution in [1.29, 1.82) is 0 Å². The number of rotatable bonds is 5. The zero-order valence-electron chi connectivity index (χ0n) is 19.8. The molecule has 0 fully saturated rings. The number of para-hydroxylation sites is 2. The number of Topliss-reactive ketones (excluding diaryl/α,β-unsaturated/α-hetero) is 1. The van der Waals surface area contributed by atoms with Crippen LogP contribution in [-0.4, -0.2) is 19.0 Å². The van der Waals surface area contributed by atoms with Crippen molar-refractivity contribution >= 4 is 17.2 Å². The van der Waals surface area contributed by atoms with Gasteiger partial charge in [0, 0.05) is 17.7 Å². The molecule has 34 heavy (non-hydrogen) atoms. The Morgan fingerprint density at radius 1 is 0.853 bits per heavy atom. The van der Waals surface area contributed by atoms with Gasteiger partial charge >= 0.3 is 0 Å². The lowest BCUT2D eigenvalue weighted by atomic mass is 9.78. The normalized spacial score (nSPS) is 19.5. The highest BCUT2D eigenvalue weighted by Gasteiger charge is 2.36. The fourth-order valence-corrected chi connectivity index (χ4v) is 4.88. The quantitative estimate of drug-likeness (QED) is 0.463. The molecule has 0 amide bonds. The molecule has 1 heterocycles. The molecule has 5 rings (SSSR count). The molecule has 0 spiro atoms. The second kappa shape index (κ2) is 9.26. The fourth-order valence-electron chi connectivity index (χ4n) is 4.88. The van der Waals surface area contributed by atoms with E-state index in [1.165, 1.54) is 0 Å². The molecule has 0 saturated heterocycles. The summed E-state index contributed by atoms with van der Waals surface area (Å²) in [7, 11) is 1.67. The minimum Gasteiger partial charge on any atom is -0.497 e. The molecule has 0 aromatic heterocycles. The summed E-state index contributed by atoms with van der Waals surface area (Å²) in [4.78, 5) is 13.7. The van der Waals surface area contributed by atoms with Crippen molar-refractivity contribution in [3.63, 3.8) is 0 Å². The molecule has 3 aromatic carbocycles. The van der Waals surface area contributed by atoms with E-state index < -0.39 is 0 Å². The number of hydrogen-bond donors (Lipinski definition) is 2. The highest BCUT2D eigenvalue weighted by molar-refractivity contribution is 6.01. The molecular weight excluding hydrogens is 424 g/mol. The van der Waals surface area contributed by atoms with E-state index >= 15 is 0 Å². The van der Waals surface area contributed by atoms with Crippen molar-refractivity contribution in [3.8, 4) is 11.5 Å². The molecule has 2 N–H and O–H groups in total. The smallest absolute Gasteiger partial charge is 0.163 e. The molecule has 0 radical (unpaired) electrons. The Kier molecular flexibility index (Phi) is 6.01. The zero-order valence-corrected chi connectivity index (χ0v) is 19.8. The molecule has 2 aliphatic rings. The number of carbonyl (C=O) groups is 1. The number of fused-ring (bicyclic) bond motifs is 1. The van der Waals surface area contributed by atoms with Crippen LogP contribution in [0.5, 0.6) is 11.5 Å². The number of allylic oxidation sites excluding steroid dienone is 1. The maximum absolute atomic E-state index is 13.7. The predicted octanol–water partition coefficient (Wildman–Crippen LogP) is 6.46. The van der Waals surface area contributed by atoms with E-state index in [1.54, 1.807) is 7.11 Å². The van der Waals surface area contributed by atoms with Gasteiger partial charge in [0.05, 0.1) is 30.6 Å². The molecular formula is C29H30N2O3. The van der Waals surface area contributed by atoms with Crippen LogP contribution in [-0.2, 0) is 4.79 Å². The van der Waals surface area contributed by atoms with Crippen LogP contribution in [0.2, 0.25) is 0 Å². The maximum atomic E-state index is 13.7. The number of hydrogen-bond acceptors (Lipinski definition) is 5. The van der Waals surface area contributed by atoms with Gasteiger partial charge in [-0.3, -0.25) is 4.79 Å². The van der Waals surface area contributed by atoms with Crippen LogP contribution in [0.25, 0.3) is 0 Å². The molecule has 174 valence electrons. The average molecular weight is 455 g/mol. The Balaban J connectivity index is 1.54. The third kappa shape index (κ3) is 4.38.